The first-order valence-corrected chi connectivity index (χ1v) is 4.55. The molecule has 2 N–H and O–H groups in total. The Morgan fingerprint density at radius 3 is 2.69 bits per heavy atom. The second kappa shape index (κ2) is 2.80. The van der Waals surface area contributed by atoms with E-state index in [1.165, 1.54) is 5.52 Å². The first-order chi connectivity index (χ1) is 6.20. The molecule has 2 rings (SSSR count). The highest BCUT2D eigenvalue weighted by Gasteiger charge is 2.04. The van der Waals surface area contributed by atoms with Gasteiger partial charge in [-0.2, -0.15) is 0 Å². The second-order valence-corrected chi connectivity index (χ2v) is 3.60. The van der Waals surface area contributed by atoms with Crippen LogP contribution in [0.4, 0.5) is 5.69 Å². The number of nitrogens with two attached hydrogens (primary N) is 1. The van der Waals surface area contributed by atoms with Gasteiger partial charge in [-0.3, -0.25) is 0 Å². The van der Waals surface area contributed by atoms with Crippen molar-refractivity contribution in [1.82, 2.24) is 4.57 Å². The van der Waals surface area contributed by atoms with E-state index >= 15 is 0 Å². The molecule has 0 saturated carbocycles. The fraction of sp³-hybridized carbons (Fsp3) is 0.273. The van der Waals surface area contributed by atoms with Crippen LogP contribution in [0, 0.1) is 0 Å². The molecule has 1 heterocycles. The quantitative estimate of drug-likeness (QED) is 0.662. The highest BCUT2D eigenvalue weighted by atomic mass is 15.0. The van der Waals surface area contributed by atoms with Crippen LogP contribution in [-0.4, -0.2) is 4.57 Å². The summed E-state index contributed by atoms with van der Waals surface area (Å²) in [5, 5.41) is 1.15. The van der Waals surface area contributed by atoms with E-state index in [0.717, 1.165) is 11.1 Å². The Balaban J connectivity index is 2.75. The molecule has 0 amide bonds. The lowest BCUT2D eigenvalue weighted by atomic mass is 10.2. The van der Waals surface area contributed by atoms with Gasteiger partial charge in [0, 0.05) is 23.3 Å². The van der Waals surface area contributed by atoms with E-state index in [1.807, 2.05) is 12.1 Å². The van der Waals surface area contributed by atoms with E-state index < -0.39 is 0 Å². The minimum atomic E-state index is 0.485. The van der Waals surface area contributed by atoms with E-state index in [2.05, 4.69) is 36.7 Å². The third kappa shape index (κ3) is 1.18. The van der Waals surface area contributed by atoms with Gasteiger partial charge in [0.05, 0.1) is 5.52 Å². The van der Waals surface area contributed by atoms with Crippen LogP contribution in [0.3, 0.4) is 0 Å². The number of nitrogen functional groups attached to an aromatic ring is 1. The summed E-state index contributed by atoms with van der Waals surface area (Å²) in [5.41, 5.74) is 7.93. The van der Waals surface area contributed by atoms with Crippen LogP contribution < -0.4 is 5.73 Å². The first kappa shape index (κ1) is 8.17. The van der Waals surface area contributed by atoms with Gasteiger partial charge in [-0.1, -0.05) is 6.07 Å². The second-order valence-electron chi connectivity index (χ2n) is 3.60. The number of hydrogen-bond acceptors (Lipinski definition) is 1. The van der Waals surface area contributed by atoms with E-state index in [4.69, 9.17) is 5.73 Å². The third-order valence-corrected chi connectivity index (χ3v) is 2.35. The van der Waals surface area contributed by atoms with Crippen LogP contribution in [0.25, 0.3) is 10.9 Å². The molecular weight excluding hydrogens is 160 g/mol. The lowest BCUT2D eigenvalue weighted by molar-refractivity contribution is 0.623. The largest absolute Gasteiger partial charge is 0.398 e. The minimum absolute atomic E-state index is 0.485. The predicted octanol–water partition coefficient (Wildman–Crippen LogP) is 2.80. The SMILES string of the molecule is CC(C)n1ccc2c(N)cccc21. The van der Waals surface area contributed by atoms with Crippen molar-refractivity contribution >= 4 is 16.6 Å². The van der Waals surface area contributed by atoms with Crippen molar-refractivity contribution in [2.75, 3.05) is 5.73 Å². The monoisotopic (exact) mass is 174 g/mol. The predicted molar refractivity (Wildman–Crippen MR) is 56.7 cm³/mol. The Morgan fingerprint density at radius 2 is 2.00 bits per heavy atom. The Hall–Kier alpha value is -1.44. The zero-order valence-corrected chi connectivity index (χ0v) is 7.99. The van der Waals surface area contributed by atoms with Gasteiger partial charge in [0.1, 0.15) is 0 Å². The highest BCUT2D eigenvalue weighted by molar-refractivity contribution is 5.91. The summed E-state index contributed by atoms with van der Waals surface area (Å²) in [7, 11) is 0. The fourth-order valence-corrected chi connectivity index (χ4v) is 1.66. The molecule has 0 unspecified atom stereocenters. The third-order valence-electron chi connectivity index (χ3n) is 2.35. The van der Waals surface area contributed by atoms with Gasteiger partial charge in [0.25, 0.3) is 0 Å². The summed E-state index contributed by atoms with van der Waals surface area (Å²) in [5.74, 6) is 0. The van der Waals surface area contributed by atoms with E-state index in [9.17, 15) is 0 Å². The van der Waals surface area contributed by atoms with Crippen LogP contribution >= 0.6 is 0 Å². The molecule has 2 nitrogen and oxygen atoms in total. The molecule has 0 fully saturated rings. The summed E-state index contributed by atoms with van der Waals surface area (Å²) < 4.78 is 2.23. The Kier molecular flexibility index (Phi) is 1.76. The zero-order valence-electron chi connectivity index (χ0n) is 7.99. The summed E-state index contributed by atoms with van der Waals surface area (Å²) in [4.78, 5) is 0. The fourth-order valence-electron chi connectivity index (χ4n) is 1.66. The Labute approximate surface area is 78.0 Å². The number of fused-ring (bicyclic) bond motifs is 1. The molecule has 0 atom stereocenters. The molecule has 0 bridgehead atoms. The first-order valence-electron chi connectivity index (χ1n) is 4.55. The van der Waals surface area contributed by atoms with Gasteiger partial charge in [-0.15, -0.1) is 0 Å². The van der Waals surface area contributed by atoms with Crippen molar-refractivity contribution in [2.24, 2.45) is 0 Å². The average Bonchev–Trinajstić information content (AvgIpc) is 2.48. The van der Waals surface area contributed by atoms with Gasteiger partial charge in [-0.25, -0.2) is 0 Å². The van der Waals surface area contributed by atoms with Crippen molar-refractivity contribution in [3.05, 3.63) is 30.5 Å². The lowest BCUT2D eigenvalue weighted by Gasteiger charge is -2.09. The maximum atomic E-state index is 5.86. The van der Waals surface area contributed by atoms with Gasteiger partial charge < -0.3 is 10.3 Å². The molecule has 0 saturated heterocycles. The van der Waals surface area contributed by atoms with Gasteiger partial charge in [0.15, 0.2) is 0 Å². The van der Waals surface area contributed by atoms with Crippen LogP contribution in [0.2, 0.25) is 0 Å². The molecule has 0 aliphatic heterocycles. The van der Waals surface area contributed by atoms with Gasteiger partial charge >= 0.3 is 0 Å². The molecule has 1 aromatic carbocycles. The number of anilines is 1. The summed E-state index contributed by atoms with van der Waals surface area (Å²) >= 11 is 0. The number of nitrogens with zero attached hydrogens (tertiary/aromatic N) is 1. The summed E-state index contributed by atoms with van der Waals surface area (Å²) in [6, 6.07) is 8.60. The maximum Gasteiger partial charge on any atom is 0.0503 e. The zero-order chi connectivity index (χ0) is 9.42. The van der Waals surface area contributed by atoms with Crippen LogP contribution in [0.1, 0.15) is 19.9 Å². The number of rotatable bonds is 1. The number of hydrogen-bond donors (Lipinski definition) is 1. The molecule has 2 aromatic rings. The molecule has 0 spiro atoms. The summed E-state index contributed by atoms with van der Waals surface area (Å²) in [6.07, 6.45) is 2.09. The molecule has 0 aliphatic rings. The van der Waals surface area contributed by atoms with Crippen molar-refractivity contribution in [3.8, 4) is 0 Å². The van der Waals surface area contributed by atoms with Crippen LogP contribution in [0.5, 0.6) is 0 Å². The van der Waals surface area contributed by atoms with Crippen LogP contribution in [0.15, 0.2) is 30.5 Å². The van der Waals surface area contributed by atoms with Crippen molar-refractivity contribution in [2.45, 2.75) is 19.9 Å². The molecule has 68 valence electrons. The van der Waals surface area contributed by atoms with Crippen molar-refractivity contribution < 1.29 is 0 Å². The average molecular weight is 174 g/mol. The van der Waals surface area contributed by atoms with Crippen molar-refractivity contribution in [3.63, 3.8) is 0 Å². The van der Waals surface area contributed by atoms with Gasteiger partial charge in [0.2, 0.25) is 0 Å². The molecular formula is C11H14N2. The minimum Gasteiger partial charge on any atom is -0.398 e. The molecule has 2 heteroatoms. The molecule has 1 aromatic heterocycles. The van der Waals surface area contributed by atoms with E-state index in [0.29, 0.717) is 6.04 Å². The number of aromatic nitrogens is 1. The molecule has 13 heavy (non-hydrogen) atoms. The molecule has 0 radical (unpaired) electrons. The molecule has 0 aliphatic carbocycles. The summed E-state index contributed by atoms with van der Waals surface area (Å²) in [6.45, 7) is 4.34. The smallest absolute Gasteiger partial charge is 0.0503 e. The highest BCUT2D eigenvalue weighted by Crippen LogP contribution is 2.24. The Bertz CT molecular complexity index is 427. The van der Waals surface area contributed by atoms with Crippen LogP contribution in [-0.2, 0) is 0 Å². The normalized spacial score (nSPS) is 11.3. The topological polar surface area (TPSA) is 30.9 Å². The van der Waals surface area contributed by atoms with Crippen molar-refractivity contribution in [1.29, 1.82) is 0 Å². The van der Waals surface area contributed by atoms with Gasteiger partial charge in [-0.05, 0) is 32.0 Å². The standard InChI is InChI=1S/C11H14N2/c1-8(2)13-7-6-9-10(12)4-3-5-11(9)13/h3-8H,12H2,1-2H3. The maximum absolute atomic E-state index is 5.86. The van der Waals surface area contributed by atoms with E-state index in [-0.39, 0.29) is 0 Å². The number of benzene rings is 1. The lowest BCUT2D eigenvalue weighted by Crippen LogP contribution is -1.97. The van der Waals surface area contributed by atoms with E-state index in [1.54, 1.807) is 0 Å². The Morgan fingerprint density at radius 1 is 1.23 bits per heavy atom.